The first-order valence-corrected chi connectivity index (χ1v) is 4.27. The standard InChI is InChI=1S/C8H11N3O3/c1-8-5(9-10(2)7(8)13)4-6(12)14-11(8)3/h4H2,1-3H3. The highest BCUT2D eigenvalue weighted by atomic mass is 16.7. The minimum absolute atomic E-state index is 0.0803. The van der Waals surface area contributed by atoms with Crippen molar-refractivity contribution >= 4 is 17.6 Å². The van der Waals surface area contributed by atoms with E-state index in [9.17, 15) is 9.59 Å². The van der Waals surface area contributed by atoms with Crippen molar-refractivity contribution in [1.29, 1.82) is 0 Å². The lowest BCUT2D eigenvalue weighted by molar-refractivity contribution is -0.205. The summed E-state index contributed by atoms with van der Waals surface area (Å²) in [7, 11) is 3.13. The van der Waals surface area contributed by atoms with E-state index in [1.54, 1.807) is 21.0 Å². The van der Waals surface area contributed by atoms with Crippen LogP contribution in [0.5, 0.6) is 0 Å². The second-order valence-electron chi connectivity index (χ2n) is 3.59. The van der Waals surface area contributed by atoms with E-state index in [0.717, 1.165) is 0 Å². The molecule has 0 aliphatic carbocycles. The Labute approximate surface area is 81.1 Å². The lowest BCUT2D eigenvalue weighted by Crippen LogP contribution is -2.59. The minimum atomic E-state index is -0.914. The van der Waals surface area contributed by atoms with Gasteiger partial charge in [-0.3, -0.25) is 4.79 Å². The summed E-state index contributed by atoms with van der Waals surface area (Å²) in [5.74, 6) is -0.561. The van der Waals surface area contributed by atoms with E-state index in [2.05, 4.69) is 5.10 Å². The van der Waals surface area contributed by atoms with Crippen LogP contribution in [0.1, 0.15) is 13.3 Å². The maximum absolute atomic E-state index is 11.8. The third-order valence-corrected chi connectivity index (χ3v) is 2.72. The molecule has 0 spiro atoms. The maximum Gasteiger partial charge on any atom is 0.330 e. The van der Waals surface area contributed by atoms with Crippen molar-refractivity contribution in [3.05, 3.63) is 0 Å². The quantitative estimate of drug-likeness (QED) is 0.518. The molecule has 0 saturated carbocycles. The van der Waals surface area contributed by atoms with Crippen LogP contribution in [-0.4, -0.2) is 47.3 Å². The number of hydroxylamine groups is 2. The van der Waals surface area contributed by atoms with Crippen molar-refractivity contribution in [2.24, 2.45) is 5.10 Å². The fraction of sp³-hybridized carbons (Fsp3) is 0.625. The van der Waals surface area contributed by atoms with Crippen molar-refractivity contribution in [3.8, 4) is 0 Å². The molecule has 1 saturated heterocycles. The molecule has 1 atom stereocenters. The van der Waals surface area contributed by atoms with Crippen LogP contribution in [0.3, 0.4) is 0 Å². The highest BCUT2D eigenvalue weighted by Gasteiger charge is 2.54. The van der Waals surface area contributed by atoms with Crippen LogP contribution in [0, 0.1) is 0 Å². The van der Waals surface area contributed by atoms with Crippen molar-refractivity contribution in [1.82, 2.24) is 10.1 Å². The summed E-state index contributed by atoms with van der Waals surface area (Å²) in [6, 6.07) is 0. The molecule has 14 heavy (non-hydrogen) atoms. The monoisotopic (exact) mass is 197 g/mol. The third kappa shape index (κ3) is 0.913. The normalized spacial score (nSPS) is 32.8. The first-order chi connectivity index (χ1) is 6.46. The fourth-order valence-corrected chi connectivity index (χ4v) is 1.70. The number of hydrazone groups is 1. The van der Waals surface area contributed by atoms with Gasteiger partial charge in [0, 0.05) is 14.1 Å². The maximum atomic E-state index is 11.8. The van der Waals surface area contributed by atoms with Crippen LogP contribution >= 0.6 is 0 Å². The van der Waals surface area contributed by atoms with Gasteiger partial charge < -0.3 is 4.84 Å². The number of amides is 1. The molecule has 2 heterocycles. The van der Waals surface area contributed by atoms with E-state index >= 15 is 0 Å². The number of fused-ring (bicyclic) bond motifs is 1. The highest BCUT2D eigenvalue weighted by molar-refractivity contribution is 6.20. The molecule has 0 aromatic heterocycles. The van der Waals surface area contributed by atoms with Crippen molar-refractivity contribution < 1.29 is 14.4 Å². The first-order valence-electron chi connectivity index (χ1n) is 4.27. The van der Waals surface area contributed by atoms with Crippen molar-refractivity contribution in [2.45, 2.75) is 18.9 Å². The Morgan fingerprint density at radius 3 is 2.71 bits per heavy atom. The molecule has 0 N–H and O–H groups in total. The minimum Gasteiger partial charge on any atom is -0.366 e. The molecule has 2 rings (SSSR count). The van der Waals surface area contributed by atoms with Gasteiger partial charge in [-0.05, 0) is 6.92 Å². The van der Waals surface area contributed by atoms with Gasteiger partial charge in [0.2, 0.25) is 0 Å². The number of carbonyl (C=O) groups excluding carboxylic acids is 2. The zero-order valence-electron chi connectivity index (χ0n) is 8.27. The van der Waals surface area contributed by atoms with Crippen LogP contribution in [0.4, 0.5) is 0 Å². The predicted octanol–water partition coefficient (Wildman–Crippen LogP) is -0.633. The van der Waals surface area contributed by atoms with E-state index in [-0.39, 0.29) is 18.3 Å². The Bertz CT molecular complexity index is 352. The largest absolute Gasteiger partial charge is 0.366 e. The molecule has 2 aliphatic heterocycles. The van der Waals surface area contributed by atoms with Crippen LogP contribution < -0.4 is 0 Å². The van der Waals surface area contributed by atoms with E-state index in [1.807, 2.05) is 0 Å². The molecular weight excluding hydrogens is 186 g/mol. The second-order valence-corrected chi connectivity index (χ2v) is 3.59. The van der Waals surface area contributed by atoms with Crippen molar-refractivity contribution in [3.63, 3.8) is 0 Å². The Morgan fingerprint density at radius 1 is 1.43 bits per heavy atom. The van der Waals surface area contributed by atoms with Crippen molar-refractivity contribution in [2.75, 3.05) is 14.1 Å². The van der Waals surface area contributed by atoms with Crippen LogP contribution in [0.25, 0.3) is 0 Å². The Kier molecular flexibility index (Phi) is 1.66. The van der Waals surface area contributed by atoms with Gasteiger partial charge in [-0.25, -0.2) is 9.80 Å². The molecule has 0 bridgehead atoms. The number of carbonyl (C=O) groups is 2. The van der Waals surface area contributed by atoms with Gasteiger partial charge in [0.1, 0.15) is 0 Å². The number of hydrogen-bond donors (Lipinski definition) is 0. The molecule has 1 fully saturated rings. The molecule has 0 radical (unpaired) electrons. The van der Waals surface area contributed by atoms with E-state index in [4.69, 9.17) is 4.84 Å². The summed E-state index contributed by atoms with van der Waals surface area (Å²) in [5, 5.41) is 6.53. The Hall–Kier alpha value is -1.43. The summed E-state index contributed by atoms with van der Waals surface area (Å²) < 4.78 is 0. The molecular formula is C8H11N3O3. The second kappa shape index (κ2) is 2.54. The van der Waals surface area contributed by atoms with E-state index in [0.29, 0.717) is 5.71 Å². The van der Waals surface area contributed by atoms with Gasteiger partial charge in [-0.1, -0.05) is 0 Å². The average molecular weight is 197 g/mol. The highest BCUT2D eigenvalue weighted by Crippen LogP contribution is 2.30. The topological polar surface area (TPSA) is 62.2 Å². The smallest absolute Gasteiger partial charge is 0.330 e. The lowest BCUT2D eigenvalue weighted by Gasteiger charge is -2.35. The number of hydrogen-bond acceptors (Lipinski definition) is 5. The predicted molar refractivity (Wildman–Crippen MR) is 47.1 cm³/mol. The Balaban J connectivity index is 2.44. The van der Waals surface area contributed by atoms with Gasteiger partial charge >= 0.3 is 5.97 Å². The molecule has 0 aromatic carbocycles. The molecule has 76 valence electrons. The summed E-state index contributed by atoms with van der Waals surface area (Å²) in [6.45, 7) is 1.70. The van der Waals surface area contributed by atoms with Crippen LogP contribution in [0.15, 0.2) is 5.10 Å². The number of nitrogens with zero attached hydrogens (tertiary/aromatic N) is 3. The van der Waals surface area contributed by atoms with E-state index < -0.39 is 5.54 Å². The van der Waals surface area contributed by atoms with Gasteiger partial charge in [-0.15, -0.1) is 5.06 Å². The zero-order chi connectivity index (χ0) is 10.5. The van der Waals surface area contributed by atoms with E-state index in [1.165, 1.54) is 10.1 Å². The first kappa shape index (κ1) is 9.14. The summed E-state index contributed by atoms with van der Waals surface area (Å²) in [4.78, 5) is 27.7. The number of rotatable bonds is 0. The summed E-state index contributed by atoms with van der Waals surface area (Å²) in [5.41, 5.74) is -0.369. The molecule has 6 nitrogen and oxygen atoms in total. The molecule has 0 aromatic rings. The molecule has 2 aliphatic rings. The lowest BCUT2D eigenvalue weighted by atomic mass is 9.92. The summed E-state index contributed by atoms with van der Waals surface area (Å²) in [6.07, 6.45) is 0.0803. The zero-order valence-corrected chi connectivity index (χ0v) is 8.27. The van der Waals surface area contributed by atoms with Crippen LogP contribution in [0.2, 0.25) is 0 Å². The SMILES string of the molecule is CN1N=C2CC(=O)ON(C)C2(C)C1=O. The van der Waals surface area contributed by atoms with Crippen LogP contribution in [-0.2, 0) is 14.4 Å². The van der Waals surface area contributed by atoms with Gasteiger partial charge in [0.05, 0.1) is 12.1 Å². The fourth-order valence-electron chi connectivity index (χ4n) is 1.70. The third-order valence-electron chi connectivity index (χ3n) is 2.72. The summed E-state index contributed by atoms with van der Waals surface area (Å²) >= 11 is 0. The molecule has 1 unspecified atom stereocenters. The van der Waals surface area contributed by atoms with Gasteiger partial charge in [0.25, 0.3) is 5.91 Å². The van der Waals surface area contributed by atoms with Gasteiger partial charge in [-0.2, -0.15) is 5.10 Å². The molecule has 1 amide bonds. The molecule has 6 heteroatoms. The number of likely N-dealkylation sites (N-methyl/N-ethyl adjacent to an activating group) is 2. The van der Waals surface area contributed by atoms with Gasteiger partial charge in [0.15, 0.2) is 5.54 Å². The average Bonchev–Trinajstić information content (AvgIpc) is 2.31. The Morgan fingerprint density at radius 2 is 2.07 bits per heavy atom.